The molecule has 7 saturated heterocycles. The van der Waals surface area contributed by atoms with Gasteiger partial charge in [-0.15, -0.1) is 0 Å². The highest BCUT2D eigenvalue weighted by atomic mass is 19.3. The van der Waals surface area contributed by atoms with Crippen molar-refractivity contribution < 1.29 is 17.6 Å². The van der Waals surface area contributed by atoms with Gasteiger partial charge in [0.1, 0.15) is 0 Å². The predicted octanol–water partition coefficient (Wildman–Crippen LogP) is 8.52. The maximum absolute atomic E-state index is 12.5. The van der Waals surface area contributed by atoms with Gasteiger partial charge in [0.25, 0.3) is 11.8 Å². The topological polar surface area (TPSA) is 25.9 Å². The van der Waals surface area contributed by atoms with Gasteiger partial charge in [-0.2, -0.15) is 0 Å². The van der Waals surface area contributed by atoms with E-state index in [-0.39, 0.29) is 38.1 Å². The third-order valence-electron chi connectivity index (χ3n) is 12.5. The molecule has 0 aliphatic carbocycles. The number of likely N-dealkylation sites (N-methyl/N-ethyl adjacent to an activating group) is 1. The van der Waals surface area contributed by atoms with E-state index < -0.39 is 11.8 Å². The standard InChI is InChI=1S/C8H18N2.C8H17N.C7H13F2N.C7H15N.C6H11F2N.C6H13N.C4H9N/c1-8(2)10-6-4-9(3)5-7-10;1-8(2)9-6-4-3-5-7-9;1-6(2)10-4-3-7(8,9)5-10;1-7(2)8-5-3-4-6-8;1-5(2)9-3-6(7,8)4-9;1-6(2)7-4-3-5-7;1-5-3-2-4-5/h8H,4-7H2,1-3H3;8H,3-7H2,1-2H3;6H,3-5H2,1-2H3;7H,3-6H2,1-2H3;5H,3-4H2,1-2H3;6H,3-5H2,1-2H3;2-4H2,1H3. The molecule has 58 heavy (non-hydrogen) atoms. The molecule has 7 fully saturated rings. The van der Waals surface area contributed by atoms with Crippen LogP contribution >= 0.6 is 0 Å². The Hall–Kier alpha value is -0.600. The maximum atomic E-state index is 12.5. The molecule has 7 heterocycles. The average Bonchev–Trinajstić information content (AvgIpc) is 3.78. The van der Waals surface area contributed by atoms with Crippen LogP contribution in [0.15, 0.2) is 0 Å². The normalized spacial score (nSPS) is 24.4. The summed E-state index contributed by atoms with van der Waals surface area (Å²) in [6, 6.07) is 3.59. The van der Waals surface area contributed by atoms with Crippen molar-refractivity contribution in [3.63, 3.8) is 0 Å². The third-order valence-corrected chi connectivity index (χ3v) is 12.5. The molecule has 0 saturated carbocycles. The monoisotopic (exact) mass is 837 g/mol. The van der Waals surface area contributed by atoms with Crippen LogP contribution in [0, 0.1) is 0 Å². The van der Waals surface area contributed by atoms with E-state index in [0.717, 1.165) is 24.2 Å². The molecule has 7 aliphatic heterocycles. The lowest BCUT2D eigenvalue weighted by Crippen LogP contribution is -2.58. The summed E-state index contributed by atoms with van der Waals surface area (Å²) < 4.78 is 49.2. The molecule has 0 N–H and O–H groups in total. The molecule has 0 bridgehead atoms. The van der Waals surface area contributed by atoms with Gasteiger partial charge in [0, 0.05) is 75.4 Å². The molecular formula is C46H96F4N8. The van der Waals surface area contributed by atoms with Gasteiger partial charge in [0.15, 0.2) is 0 Å². The number of rotatable bonds is 6. The quantitative estimate of drug-likeness (QED) is 0.246. The van der Waals surface area contributed by atoms with Crippen molar-refractivity contribution in [1.82, 2.24) is 39.2 Å². The number of alkyl halides is 4. The van der Waals surface area contributed by atoms with Crippen LogP contribution in [0.2, 0.25) is 0 Å². The van der Waals surface area contributed by atoms with Gasteiger partial charge in [-0.05, 0) is 188 Å². The van der Waals surface area contributed by atoms with E-state index in [2.05, 4.69) is 98.9 Å². The molecule has 0 aromatic rings. The van der Waals surface area contributed by atoms with Crippen LogP contribution in [-0.4, -0.2) is 206 Å². The summed E-state index contributed by atoms with van der Waals surface area (Å²) in [5.41, 5.74) is 0. The first kappa shape index (κ1) is 55.4. The first-order valence-electron chi connectivity index (χ1n) is 23.6. The lowest BCUT2D eigenvalue weighted by molar-refractivity contribution is -0.141. The van der Waals surface area contributed by atoms with Crippen LogP contribution in [-0.2, 0) is 0 Å². The van der Waals surface area contributed by atoms with Gasteiger partial charge in [-0.1, -0.05) is 6.42 Å². The van der Waals surface area contributed by atoms with Crippen LogP contribution in [0.4, 0.5) is 17.6 Å². The number of likely N-dealkylation sites (tertiary alicyclic amines) is 6. The van der Waals surface area contributed by atoms with Crippen molar-refractivity contribution in [3.8, 4) is 0 Å². The Morgan fingerprint density at radius 2 is 0.569 bits per heavy atom. The minimum absolute atomic E-state index is 0.0329. The summed E-state index contributed by atoms with van der Waals surface area (Å²) >= 11 is 0. The second-order valence-corrected chi connectivity index (χ2v) is 19.6. The van der Waals surface area contributed by atoms with Crippen molar-refractivity contribution in [1.29, 1.82) is 0 Å². The third kappa shape index (κ3) is 24.7. The Bertz CT molecular complexity index is 978. The Balaban J connectivity index is 0.000000341. The minimum Gasteiger partial charge on any atom is -0.306 e. The molecule has 8 nitrogen and oxygen atoms in total. The Kier molecular flexibility index (Phi) is 27.6. The molecule has 0 aromatic heterocycles. The van der Waals surface area contributed by atoms with Crippen molar-refractivity contribution in [2.24, 2.45) is 0 Å². The van der Waals surface area contributed by atoms with Crippen LogP contribution in [0.5, 0.6) is 0 Å². The maximum Gasteiger partial charge on any atom is 0.272 e. The Labute approximate surface area is 357 Å². The van der Waals surface area contributed by atoms with E-state index in [1.807, 2.05) is 27.7 Å². The molecule has 0 atom stereocenters. The molecule has 7 rings (SSSR count). The van der Waals surface area contributed by atoms with Crippen LogP contribution in [0.3, 0.4) is 0 Å². The molecule has 0 radical (unpaired) electrons. The highest BCUT2D eigenvalue weighted by Crippen LogP contribution is 2.28. The predicted molar refractivity (Wildman–Crippen MR) is 242 cm³/mol. The zero-order valence-electron chi connectivity index (χ0n) is 40.5. The first-order chi connectivity index (χ1) is 27.0. The average molecular weight is 837 g/mol. The molecule has 348 valence electrons. The minimum atomic E-state index is -2.43. The lowest BCUT2D eigenvalue weighted by Gasteiger charge is -2.41. The van der Waals surface area contributed by atoms with Crippen LogP contribution in [0.1, 0.15) is 134 Å². The Morgan fingerprint density at radius 1 is 0.293 bits per heavy atom. The Morgan fingerprint density at radius 3 is 0.759 bits per heavy atom. The second-order valence-electron chi connectivity index (χ2n) is 19.6. The smallest absolute Gasteiger partial charge is 0.272 e. The summed E-state index contributed by atoms with van der Waals surface area (Å²) in [5, 5.41) is 0. The molecule has 0 aromatic carbocycles. The highest BCUT2D eigenvalue weighted by molar-refractivity contribution is 4.88. The van der Waals surface area contributed by atoms with Crippen LogP contribution < -0.4 is 0 Å². The number of nitrogens with zero attached hydrogens (tertiary/aromatic N) is 8. The molecule has 0 spiro atoms. The molecule has 0 unspecified atom stereocenters. The summed E-state index contributed by atoms with van der Waals surface area (Å²) in [6.45, 7) is 41.9. The molecule has 7 aliphatic rings. The van der Waals surface area contributed by atoms with Crippen molar-refractivity contribution in [2.75, 3.05) is 119 Å². The zero-order chi connectivity index (χ0) is 44.1. The fourth-order valence-corrected chi connectivity index (χ4v) is 7.48. The number of hydrogen-bond acceptors (Lipinski definition) is 8. The SMILES string of the molecule is CC(C)N1CC(F)(F)C1.CC(C)N1CCC(F)(F)C1.CC(C)N1CCC1.CC(C)N1CCCC1.CC(C)N1CCCCC1.CC(C)N1CCN(C)CC1.CN1CCC1. The second kappa shape index (κ2) is 28.9. The summed E-state index contributed by atoms with van der Waals surface area (Å²) in [7, 11) is 4.33. The zero-order valence-corrected chi connectivity index (χ0v) is 40.5. The van der Waals surface area contributed by atoms with E-state index in [1.54, 1.807) is 9.80 Å². The first-order valence-corrected chi connectivity index (χ1v) is 23.6. The summed E-state index contributed by atoms with van der Waals surface area (Å²) in [5.74, 6) is -4.82. The van der Waals surface area contributed by atoms with Gasteiger partial charge in [0.05, 0.1) is 19.6 Å². The van der Waals surface area contributed by atoms with Crippen molar-refractivity contribution in [2.45, 2.75) is 183 Å². The van der Waals surface area contributed by atoms with Crippen molar-refractivity contribution in [3.05, 3.63) is 0 Å². The van der Waals surface area contributed by atoms with E-state index >= 15 is 0 Å². The number of hydrogen-bond donors (Lipinski definition) is 0. The summed E-state index contributed by atoms with van der Waals surface area (Å²) in [6.07, 6.45) is 9.97. The van der Waals surface area contributed by atoms with Crippen molar-refractivity contribution >= 4 is 0 Å². The number of halogens is 4. The number of piperidine rings is 1. The van der Waals surface area contributed by atoms with Gasteiger partial charge < -0.3 is 24.5 Å². The lowest BCUT2D eigenvalue weighted by atomic mass is 10.1. The molecule has 12 heteroatoms. The fraction of sp³-hybridized carbons (Fsp3) is 1.00. The van der Waals surface area contributed by atoms with E-state index in [9.17, 15) is 17.6 Å². The summed E-state index contributed by atoms with van der Waals surface area (Å²) in [4.78, 5) is 18.3. The van der Waals surface area contributed by atoms with Gasteiger partial charge in [-0.3, -0.25) is 14.7 Å². The van der Waals surface area contributed by atoms with E-state index in [4.69, 9.17) is 0 Å². The fourth-order valence-electron chi connectivity index (χ4n) is 7.48. The molecule has 0 amide bonds. The highest BCUT2D eigenvalue weighted by Gasteiger charge is 2.44. The van der Waals surface area contributed by atoms with Crippen LogP contribution in [0.25, 0.3) is 0 Å². The molecular weight excluding hydrogens is 741 g/mol. The van der Waals surface area contributed by atoms with E-state index in [1.165, 1.54) is 123 Å². The van der Waals surface area contributed by atoms with Gasteiger partial charge >= 0.3 is 0 Å². The van der Waals surface area contributed by atoms with Gasteiger partial charge in [0.2, 0.25) is 0 Å². The number of piperazine rings is 1. The van der Waals surface area contributed by atoms with Gasteiger partial charge in [-0.25, -0.2) is 17.6 Å². The van der Waals surface area contributed by atoms with E-state index in [0.29, 0.717) is 6.54 Å². The largest absolute Gasteiger partial charge is 0.306 e.